The first kappa shape index (κ1) is 38.2. The Morgan fingerprint density at radius 3 is 1.84 bits per heavy atom. The quantitative estimate of drug-likeness (QED) is 0.0428. The van der Waals surface area contributed by atoms with E-state index in [1.54, 1.807) is 0 Å². The van der Waals surface area contributed by atoms with E-state index >= 15 is 14.0 Å². The molecule has 4 heterocycles. The fourth-order valence-corrected chi connectivity index (χ4v) is 11.5. The molecular formula is C82H80F10N6O6S2. The molecule has 2 aliphatic heterocycles. The number of para-hydroxylation sites is 2. The molecule has 0 aliphatic carbocycles. The molecule has 0 saturated carbocycles. The van der Waals surface area contributed by atoms with Crippen molar-refractivity contribution in [1.29, 1.82) is 0 Å². The number of piperidine rings is 2. The van der Waals surface area contributed by atoms with Gasteiger partial charge in [0.2, 0.25) is 11.8 Å². The Morgan fingerprint density at radius 2 is 1.18 bits per heavy atom. The Bertz CT molecular complexity index is 7160. The average molecular weight is 1550 g/mol. The number of pyridine rings is 2. The lowest BCUT2D eigenvalue weighted by molar-refractivity contribution is -0.138. The molecule has 0 N–H and O–H groups in total. The van der Waals surface area contributed by atoms with Crippen LogP contribution in [0.25, 0.3) is 44.1 Å². The molecule has 106 heavy (non-hydrogen) atoms. The molecule has 0 radical (unpaired) electrons. The van der Waals surface area contributed by atoms with Crippen LogP contribution in [-0.2, 0) is 62.4 Å². The van der Waals surface area contributed by atoms with Gasteiger partial charge in [0.15, 0.2) is 34.1 Å². The van der Waals surface area contributed by atoms with Crippen LogP contribution in [-0.4, -0.2) is 119 Å². The third-order valence-corrected chi connectivity index (χ3v) is 17.0. The number of thioether (sulfide) groups is 2. The molecule has 0 bridgehead atoms. The first-order valence-corrected chi connectivity index (χ1v) is 32.4. The Labute approximate surface area is 681 Å². The molecule has 1 unspecified atom stereocenters. The van der Waals surface area contributed by atoms with E-state index < -0.39 is 365 Å². The van der Waals surface area contributed by atoms with E-state index in [-0.39, 0.29) is 53.7 Å². The number of carbonyl (C=O) groups is 2. The van der Waals surface area contributed by atoms with Crippen LogP contribution >= 0.6 is 23.5 Å². The number of benzene rings is 8. The normalized spacial score (nSPS) is 26.1. The molecule has 2 fully saturated rings. The third-order valence-electron chi connectivity index (χ3n) is 14.9. The third kappa shape index (κ3) is 19.0. The van der Waals surface area contributed by atoms with Crippen LogP contribution in [0.4, 0.5) is 43.9 Å². The Kier molecular flexibility index (Phi) is 12.6. The molecule has 10 aromatic rings. The van der Waals surface area contributed by atoms with E-state index in [9.17, 15) is 72.4 Å². The van der Waals surface area contributed by atoms with Gasteiger partial charge in [-0.05, 0) is 139 Å². The maximum atomic E-state index is 16.1. The lowest BCUT2D eigenvalue weighted by Crippen LogP contribution is -2.49. The number of alkyl halides is 6. The summed E-state index contributed by atoms with van der Waals surface area (Å²) in [4.78, 5) is 57.3. The zero-order valence-corrected chi connectivity index (χ0v) is 55.8. The van der Waals surface area contributed by atoms with Crippen LogP contribution in [0, 0.1) is 30.2 Å². The van der Waals surface area contributed by atoms with Crippen molar-refractivity contribution in [2.24, 2.45) is 0 Å². The second kappa shape index (κ2) is 35.1. The van der Waals surface area contributed by atoms with Gasteiger partial charge in [-0.1, -0.05) is 115 Å². The highest BCUT2D eigenvalue weighted by Crippen LogP contribution is 2.37. The van der Waals surface area contributed by atoms with Gasteiger partial charge in [0.05, 0.1) is 92.6 Å². The van der Waals surface area contributed by atoms with E-state index in [1.807, 2.05) is 0 Å². The second-order valence-corrected chi connectivity index (χ2v) is 23.7. The minimum atomic E-state index is -5.58. The Balaban J connectivity index is 0.000000294. The SMILES string of the molecule is [2H]C([2H])([2H])OCCN1C([2H])([2H])C([2H])([2H])C([2H])(N(C(=O)C([2H])([2H])n2c(SCc3cccc(F)c3F)cc(=O)c3ccccc32)C([2H])(C)c2ccc(-c3ccc(C(F)(F)F)cc3)cc2)C([2H])([2H])C1([2H])[2H].[2H]c1c([2H])c(F)c(F)c(CSc2c([2H])c(=O)c3c([2H])c([2H])c([2H])c([2H])c3n2C([2H])([2H])C(=O)N(C([2H])([2H])c2c([2H])c([2H])c(-c3c([2H])c([2H])c(C(F)(F)F)c([2H])c3[2H])c([2H])c2C)C2([2H])C([2H])([2H])C([2H])([2H])N(CCOC([2H])([2H])[2H])C([2H])([2H])C2([2H])[2H])c1[2H]. The van der Waals surface area contributed by atoms with Gasteiger partial charge in [0.1, 0.15) is 13.0 Å². The number of amides is 2. The van der Waals surface area contributed by atoms with E-state index in [0.29, 0.717) is 23.3 Å². The summed E-state index contributed by atoms with van der Waals surface area (Å²) in [5.41, 5.74) is -14.8. The number of halogens is 10. The summed E-state index contributed by atoms with van der Waals surface area (Å²) >= 11 is 0.244. The summed E-state index contributed by atoms with van der Waals surface area (Å²) in [5, 5.41) is -3.62. The Hall–Kier alpha value is -9.04. The second-order valence-electron chi connectivity index (χ2n) is 21.8. The smallest absolute Gasteiger partial charge is 0.383 e. The van der Waals surface area contributed by atoms with Crippen molar-refractivity contribution in [1.82, 2.24) is 28.7 Å². The fraction of sp³-hybridized carbons (Fsp3) is 0.317. The number of hydrogen-bond donors (Lipinski definition) is 0. The molecule has 12 nitrogen and oxygen atoms in total. The molecule has 8 aromatic carbocycles. The molecule has 2 aromatic heterocycles. The van der Waals surface area contributed by atoms with Crippen molar-refractivity contribution < 1.29 is 126 Å². The zero-order chi connectivity index (χ0) is 116. The number of hydrogen-bond acceptors (Lipinski definition) is 10. The van der Waals surface area contributed by atoms with Crippen LogP contribution < -0.4 is 10.9 Å². The standard InChI is InChI=1S/2C41H40F5N3O3S/c1-27(28-10-12-29(13-11-28)30-14-16-32(17-15-30)41(44,45)46)49(33-18-20-47(21-19-33)22-23-52-2)38(51)25-48-36-9-4-3-7-34(36)37(50)24-39(48)53-26-31-6-5-8-35(42)40(31)43;1-27-22-29(28-12-14-32(15-13-28)41(44,45)46)10-11-30(27)24-48(33-16-18-47(19-17-33)20-21-52-2)38(51)25-49-36-9-4-3-7-34(36)37(50)23-39(49)53-26-31-6-5-8-35(42)40(31)43/h3-17,24,27,33H,18-23,25-26H2,1-2H3;3-15,22-23,33H,16-21,24-26H2,1-2H3/i2D3,18D2,19D2,20D2,21D2,25D2,27D,33D;2D3,3D,4D,5D,6D,7D,8D,9D,10D,11D,12D,13D,14D,15D,16D2,17D2,18D2,19D2,22D,23D,24D2,25D2,33D. The van der Waals surface area contributed by atoms with Crippen molar-refractivity contribution in [3.63, 3.8) is 0 Å². The predicted molar refractivity (Wildman–Crippen MR) is 395 cm³/mol. The van der Waals surface area contributed by atoms with Crippen molar-refractivity contribution in [3.05, 3.63) is 270 Å². The van der Waals surface area contributed by atoms with Gasteiger partial charge in [-0.3, -0.25) is 19.2 Å². The molecule has 556 valence electrons. The topological polar surface area (TPSA) is 110 Å². The van der Waals surface area contributed by atoms with Crippen LogP contribution in [0.15, 0.2) is 207 Å². The lowest BCUT2D eigenvalue weighted by Gasteiger charge is -2.42. The summed E-state index contributed by atoms with van der Waals surface area (Å²) < 4.78 is 557. The largest absolute Gasteiger partial charge is 0.416 e. The zero-order valence-electron chi connectivity index (χ0n) is 100. The van der Waals surface area contributed by atoms with Gasteiger partial charge in [0, 0.05) is 139 Å². The highest BCUT2D eigenvalue weighted by atomic mass is 32.2. The van der Waals surface area contributed by atoms with Crippen LogP contribution in [0.1, 0.15) is 140 Å². The number of ether oxygens (including phenoxy) is 2. The number of likely N-dealkylation sites (tertiary alicyclic amines) is 2. The first-order valence-electron chi connectivity index (χ1n) is 53.4. The molecule has 1 atom stereocenters. The van der Waals surface area contributed by atoms with Gasteiger partial charge < -0.3 is 38.2 Å². The number of nitrogens with zero attached hydrogens (tertiary/aromatic N) is 6. The van der Waals surface area contributed by atoms with Crippen molar-refractivity contribution in [3.8, 4) is 22.3 Å². The molecule has 12 rings (SSSR count). The highest BCUT2D eigenvalue weighted by Gasteiger charge is 2.35. The van der Waals surface area contributed by atoms with Gasteiger partial charge in [-0.15, -0.1) is 23.5 Å². The minimum absolute atomic E-state index is 0.0779. The number of aromatic nitrogens is 2. The van der Waals surface area contributed by atoms with Crippen LogP contribution in [0.2, 0.25) is 0 Å². The monoisotopic (exact) mass is 1540 g/mol. The van der Waals surface area contributed by atoms with Crippen molar-refractivity contribution in [2.75, 3.05) is 66.4 Å². The van der Waals surface area contributed by atoms with Gasteiger partial charge in [0.25, 0.3) is 0 Å². The molecular weight excluding hydrogens is 1420 g/mol. The Morgan fingerprint density at radius 1 is 0.594 bits per heavy atom. The summed E-state index contributed by atoms with van der Waals surface area (Å²) in [5.74, 6) is -13.8. The van der Waals surface area contributed by atoms with E-state index in [4.69, 9.17) is 39.8 Å². The lowest BCUT2D eigenvalue weighted by atomic mass is 9.96. The molecule has 2 amide bonds. The summed E-state index contributed by atoms with van der Waals surface area (Å²) in [6.07, 6.45) is -28.5. The summed E-state index contributed by atoms with van der Waals surface area (Å²) in [6, 6.07) is -18.4. The van der Waals surface area contributed by atoms with Crippen LogP contribution in [0.5, 0.6) is 0 Å². The minimum Gasteiger partial charge on any atom is -0.383 e. The molecule has 2 aliphatic rings. The number of methoxy groups -OCH3 is 2. The van der Waals surface area contributed by atoms with E-state index in [2.05, 4.69) is 9.47 Å². The number of rotatable bonds is 24. The van der Waals surface area contributed by atoms with Crippen molar-refractivity contribution in [2.45, 2.75) is 111 Å². The van der Waals surface area contributed by atoms with Gasteiger partial charge in [-0.25, -0.2) is 17.6 Å². The number of carbonyl (C=O) groups excluding carboxylic acids is 2. The molecule has 2 saturated heterocycles. The number of fused-ring (bicyclic) bond motifs is 2. The summed E-state index contributed by atoms with van der Waals surface area (Å²) in [6.45, 7) is -33.9. The highest BCUT2D eigenvalue weighted by molar-refractivity contribution is 7.98. The van der Waals surface area contributed by atoms with E-state index in [1.165, 1.54) is 48.5 Å². The first-order chi connectivity index (χ1) is 68.8. The van der Waals surface area contributed by atoms with Gasteiger partial charge in [-0.2, -0.15) is 26.3 Å². The molecule has 24 heteroatoms. The van der Waals surface area contributed by atoms with Crippen molar-refractivity contribution >= 4 is 57.1 Å². The fourth-order valence-electron chi connectivity index (χ4n) is 9.64. The maximum absolute atomic E-state index is 16.1. The van der Waals surface area contributed by atoms with Gasteiger partial charge >= 0.3 is 12.4 Å². The predicted octanol–water partition coefficient (Wildman–Crippen LogP) is 17.7. The maximum Gasteiger partial charge on any atom is 0.416 e. The summed E-state index contributed by atoms with van der Waals surface area (Å²) in [7, 11) is -6.49. The van der Waals surface area contributed by atoms with Crippen LogP contribution in [0.3, 0.4) is 0 Å². The molecule has 0 spiro atoms. The van der Waals surface area contributed by atoms with E-state index in [0.717, 1.165) is 55.5 Å². The average Bonchev–Trinajstić information content (AvgIpc) is 0.666.